The number of rotatable bonds is 5. The van der Waals surface area contributed by atoms with E-state index in [1.165, 1.54) is 0 Å². The smallest absolute Gasteiger partial charge is 0.214 e. The summed E-state index contributed by atoms with van der Waals surface area (Å²) < 4.78 is 8.02. The number of para-hydroxylation sites is 1. The molecule has 1 N–H and O–H groups in total. The number of hydrogen-bond donors (Lipinski definition) is 1. The van der Waals surface area contributed by atoms with E-state index in [0.29, 0.717) is 0 Å². The van der Waals surface area contributed by atoms with Crippen molar-refractivity contribution in [1.29, 1.82) is 0 Å². The van der Waals surface area contributed by atoms with Crippen LogP contribution in [0.5, 0.6) is 5.75 Å². The summed E-state index contributed by atoms with van der Waals surface area (Å²) in [7, 11) is 0. The van der Waals surface area contributed by atoms with Gasteiger partial charge in [0.15, 0.2) is 0 Å². The van der Waals surface area contributed by atoms with Crippen LogP contribution in [0.4, 0.5) is 0 Å². The maximum Gasteiger partial charge on any atom is 0.214 e. The quantitative estimate of drug-likeness (QED) is 0.610. The Morgan fingerprint density at radius 3 is 2.52 bits per heavy atom. The Hall–Kier alpha value is -2.38. The van der Waals surface area contributed by atoms with Gasteiger partial charge in [-0.3, -0.25) is 0 Å². The zero-order valence-electron chi connectivity index (χ0n) is 16.9. The molecule has 29 heavy (non-hydrogen) atoms. The molecule has 1 aliphatic heterocycles. The molecule has 1 fully saturated rings. The molecule has 4 rings (SSSR count). The lowest BCUT2D eigenvalue weighted by Crippen LogP contribution is -2.39. The van der Waals surface area contributed by atoms with Crippen LogP contribution in [0.3, 0.4) is 0 Å². The first-order valence-corrected chi connectivity index (χ1v) is 10.7. The zero-order valence-corrected chi connectivity index (χ0v) is 17.7. The van der Waals surface area contributed by atoms with E-state index in [9.17, 15) is 5.11 Å². The Labute approximate surface area is 175 Å². The van der Waals surface area contributed by atoms with Gasteiger partial charge >= 0.3 is 0 Å². The topological polar surface area (TPSA) is 73.1 Å². The summed E-state index contributed by atoms with van der Waals surface area (Å²) in [6.07, 6.45) is 2.25. The zero-order chi connectivity index (χ0) is 20.4. The molecule has 1 unspecified atom stereocenters. The molecule has 3 aromatic rings. The highest BCUT2D eigenvalue weighted by Gasteiger charge is 2.42. The molecular formula is C22H26N4O2S. The molecule has 0 radical (unpaired) electrons. The largest absolute Gasteiger partial charge is 0.508 e. The lowest BCUT2D eigenvalue weighted by molar-refractivity contribution is -0.0846. The lowest BCUT2D eigenvalue weighted by Gasteiger charge is -2.43. The summed E-state index contributed by atoms with van der Waals surface area (Å²) in [4.78, 5) is 0. The highest BCUT2D eigenvalue weighted by Crippen LogP contribution is 2.49. The van der Waals surface area contributed by atoms with Crippen molar-refractivity contribution in [3.63, 3.8) is 0 Å². The molecule has 152 valence electrons. The minimum atomic E-state index is -0.163. The van der Waals surface area contributed by atoms with E-state index in [1.54, 1.807) is 28.6 Å². The first-order chi connectivity index (χ1) is 13.9. The van der Waals surface area contributed by atoms with Crippen LogP contribution in [0.1, 0.15) is 45.3 Å². The van der Waals surface area contributed by atoms with Gasteiger partial charge in [0.05, 0.1) is 17.9 Å². The molecule has 0 saturated carbocycles. The van der Waals surface area contributed by atoms with E-state index in [2.05, 4.69) is 36.3 Å². The molecule has 0 bridgehead atoms. The second-order valence-corrected chi connectivity index (χ2v) is 9.68. The van der Waals surface area contributed by atoms with Gasteiger partial charge < -0.3 is 9.84 Å². The number of aromatic nitrogens is 4. The van der Waals surface area contributed by atoms with Gasteiger partial charge in [-0.15, -0.1) is 5.10 Å². The fourth-order valence-corrected chi connectivity index (χ4v) is 5.12. The average Bonchev–Trinajstić information content (AvgIpc) is 3.16. The van der Waals surface area contributed by atoms with Crippen molar-refractivity contribution >= 4 is 11.8 Å². The number of nitrogens with zero attached hydrogens (tertiary/aromatic N) is 4. The molecule has 1 saturated heterocycles. The minimum absolute atomic E-state index is 0.0390. The standard InChI is InChI=1S/C22H26N4O2S/c1-15-9-14-19(20(28-15)16-10-12-18(27)13-11-16)22(2,3)29-21-23-24-25-26(21)17-7-5-4-6-8-17/h4-8,10-13,15,19-20,27H,9,14H2,1-3H3/t15-,19-,20?/m1/s1. The van der Waals surface area contributed by atoms with E-state index in [0.717, 1.165) is 29.2 Å². The van der Waals surface area contributed by atoms with Crippen LogP contribution in [-0.2, 0) is 4.74 Å². The van der Waals surface area contributed by atoms with Crippen molar-refractivity contribution in [3.05, 3.63) is 60.2 Å². The summed E-state index contributed by atoms with van der Waals surface area (Å²) in [5.74, 6) is 0.541. The predicted octanol–water partition coefficient (Wildman–Crippen LogP) is 4.80. The number of ether oxygens (including phenoxy) is 1. The number of aromatic hydroxyl groups is 1. The van der Waals surface area contributed by atoms with Crippen molar-refractivity contribution < 1.29 is 9.84 Å². The number of hydrogen-bond acceptors (Lipinski definition) is 6. The molecule has 1 aliphatic rings. The molecule has 1 aromatic heterocycles. The van der Waals surface area contributed by atoms with Gasteiger partial charge in [0.2, 0.25) is 5.16 Å². The maximum atomic E-state index is 9.67. The van der Waals surface area contributed by atoms with Crippen LogP contribution < -0.4 is 0 Å². The molecule has 7 heteroatoms. The van der Waals surface area contributed by atoms with Crippen molar-refractivity contribution in [2.75, 3.05) is 0 Å². The molecular weight excluding hydrogens is 384 g/mol. The summed E-state index contributed by atoms with van der Waals surface area (Å²) in [5, 5.41) is 22.8. The van der Waals surface area contributed by atoms with Crippen LogP contribution in [-0.4, -0.2) is 36.2 Å². The van der Waals surface area contributed by atoms with Crippen LogP contribution in [0, 0.1) is 5.92 Å². The highest BCUT2D eigenvalue weighted by atomic mass is 32.2. The maximum absolute atomic E-state index is 9.67. The van der Waals surface area contributed by atoms with Gasteiger partial charge in [-0.25, -0.2) is 0 Å². The van der Waals surface area contributed by atoms with Crippen molar-refractivity contribution in [2.24, 2.45) is 5.92 Å². The number of phenolic OH excluding ortho intramolecular Hbond substituents is 1. The predicted molar refractivity (Wildman–Crippen MR) is 113 cm³/mol. The summed E-state index contributed by atoms with van der Waals surface area (Å²) in [6.45, 7) is 6.60. The van der Waals surface area contributed by atoms with Gasteiger partial charge in [0.1, 0.15) is 5.75 Å². The molecule has 6 nitrogen and oxygen atoms in total. The highest BCUT2D eigenvalue weighted by molar-refractivity contribution is 8.00. The number of thioether (sulfide) groups is 1. The molecule has 0 amide bonds. The van der Waals surface area contributed by atoms with Crippen molar-refractivity contribution in [3.8, 4) is 11.4 Å². The van der Waals surface area contributed by atoms with Crippen LogP contribution >= 0.6 is 11.8 Å². The van der Waals surface area contributed by atoms with Crippen LogP contribution in [0.2, 0.25) is 0 Å². The van der Waals surface area contributed by atoms with Crippen molar-refractivity contribution in [1.82, 2.24) is 20.2 Å². The Morgan fingerprint density at radius 2 is 1.79 bits per heavy atom. The van der Waals surface area contributed by atoms with E-state index < -0.39 is 0 Å². The van der Waals surface area contributed by atoms with Gasteiger partial charge in [0.25, 0.3) is 0 Å². The van der Waals surface area contributed by atoms with E-state index in [-0.39, 0.29) is 28.6 Å². The molecule has 0 spiro atoms. The van der Waals surface area contributed by atoms with Crippen LogP contribution in [0.25, 0.3) is 5.69 Å². The first kappa shape index (κ1) is 19.9. The Balaban J connectivity index is 1.62. The average molecular weight is 411 g/mol. The molecule has 2 heterocycles. The second kappa shape index (κ2) is 8.16. The molecule has 0 aliphatic carbocycles. The Bertz CT molecular complexity index is 943. The summed E-state index contributed by atoms with van der Waals surface area (Å²) in [6, 6.07) is 17.3. The Morgan fingerprint density at radius 1 is 1.07 bits per heavy atom. The monoisotopic (exact) mass is 410 g/mol. The third kappa shape index (κ3) is 4.31. The fourth-order valence-electron chi connectivity index (χ4n) is 3.95. The normalized spacial score (nSPS) is 22.5. The molecule has 3 atom stereocenters. The summed E-state index contributed by atoms with van der Waals surface area (Å²) in [5.41, 5.74) is 2.04. The third-order valence-corrected chi connectivity index (χ3v) is 6.81. The Kier molecular flexibility index (Phi) is 5.61. The minimum Gasteiger partial charge on any atom is -0.508 e. The fraction of sp³-hybridized carbons (Fsp3) is 0.409. The van der Waals surface area contributed by atoms with Gasteiger partial charge in [0, 0.05) is 10.7 Å². The van der Waals surface area contributed by atoms with Gasteiger partial charge in [-0.05, 0) is 73.9 Å². The van der Waals surface area contributed by atoms with Gasteiger partial charge in [-0.1, -0.05) is 42.1 Å². The van der Waals surface area contributed by atoms with E-state index >= 15 is 0 Å². The third-order valence-electron chi connectivity index (χ3n) is 5.54. The number of phenols is 1. The van der Waals surface area contributed by atoms with E-state index in [4.69, 9.17) is 4.74 Å². The van der Waals surface area contributed by atoms with E-state index in [1.807, 2.05) is 42.5 Å². The van der Waals surface area contributed by atoms with Crippen LogP contribution in [0.15, 0.2) is 59.8 Å². The second-order valence-electron chi connectivity index (χ2n) is 8.06. The molecule has 2 aromatic carbocycles. The summed E-state index contributed by atoms with van der Waals surface area (Å²) >= 11 is 1.68. The number of tetrazole rings is 1. The van der Waals surface area contributed by atoms with Gasteiger partial charge in [-0.2, -0.15) is 4.68 Å². The number of benzene rings is 2. The SMILES string of the molecule is C[C@@H]1CC[C@@H](C(C)(C)Sc2nnnn2-c2ccccc2)C(c2ccc(O)cc2)O1. The van der Waals surface area contributed by atoms with Crippen molar-refractivity contribution in [2.45, 2.75) is 55.7 Å². The lowest BCUT2D eigenvalue weighted by atomic mass is 9.80. The first-order valence-electron chi connectivity index (χ1n) is 9.91.